The molecular weight excluding hydrogens is 290 g/mol. The Labute approximate surface area is 132 Å². The fourth-order valence-electron chi connectivity index (χ4n) is 2.70. The zero-order valence-electron chi connectivity index (χ0n) is 12.4. The van der Waals surface area contributed by atoms with Gasteiger partial charge in [0.15, 0.2) is 5.58 Å². The van der Waals surface area contributed by atoms with Crippen LogP contribution in [-0.4, -0.2) is 18.1 Å². The lowest BCUT2D eigenvalue weighted by molar-refractivity contribution is 0.0601. The molecule has 4 heteroatoms. The molecule has 0 spiro atoms. The van der Waals surface area contributed by atoms with Crippen molar-refractivity contribution in [3.8, 4) is 11.5 Å². The summed E-state index contributed by atoms with van der Waals surface area (Å²) in [6.07, 6.45) is 0. The van der Waals surface area contributed by atoms with Crippen molar-refractivity contribution in [1.82, 2.24) is 4.98 Å². The SMILES string of the molecule is COC(=O)c1ccc2oc(-c3cccc4ccccc34)nc2c1. The van der Waals surface area contributed by atoms with Crippen LogP contribution in [-0.2, 0) is 4.74 Å². The highest BCUT2D eigenvalue weighted by Crippen LogP contribution is 2.30. The molecule has 0 amide bonds. The number of oxazole rings is 1. The topological polar surface area (TPSA) is 52.3 Å². The summed E-state index contributed by atoms with van der Waals surface area (Å²) in [4.78, 5) is 16.2. The predicted octanol–water partition coefficient (Wildman–Crippen LogP) is 4.43. The zero-order chi connectivity index (χ0) is 15.8. The van der Waals surface area contributed by atoms with Gasteiger partial charge in [-0.3, -0.25) is 0 Å². The molecule has 0 fully saturated rings. The lowest BCUT2D eigenvalue weighted by atomic mass is 10.0. The molecule has 0 aliphatic carbocycles. The Kier molecular flexibility index (Phi) is 3.08. The quantitative estimate of drug-likeness (QED) is 0.514. The molecule has 0 atom stereocenters. The number of fused-ring (bicyclic) bond motifs is 2. The van der Waals surface area contributed by atoms with E-state index >= 15 is 0 Å². The third-order valence-electron chi connectivity index (χ3n) is 3.83. The van der Waals surface area contributed by atoms with Crippen LogP contribution in [0, 0.1) is 0 Å². The molecule has 0 N–H and O–H groups in total. The predicted molar refractivity (Wildman–Crippen MR) is 88.3 cm³/mol. The summed E-state index contributed by atoms with van der Waals surface area (Å²) in [7, 11) is 1.36. The van der Waals surface area contributed by atoms with Crippen LogP contribution in [0.25, 0.3) is 33.3 Å². The van der Waals surface area contributed by atoms with Crippen molar-refractivity contribution in [3.05, 3.63) is 66.2 Å². The normalized spacial score (nSPS) is 11.0. The summed E-state index contributed by atoms with van der Waals surface area (Å²) in [6, 6.07) is 19.2. The van der Waals surface area contributed by atoms with Crippen molar-refractivity contribution in [3.63, 3.8) is 0 Å². The molecule has 0 bridgehead atoms. The van der Waals surface area contributed by atoms with Gasteiger partial charge in [0.2, 0.25) is 5.89 Å². The first-order chi connectivity index (χ1) is 11.3. The van der Waals surface area contributed by atoms with E-state index in [-0.39, 0.29) is 5.97 Å². The molecule has 23 heavy (non-hydrogen) atoms. The Morgan fingerprint density at radius 2 is 1.87 bits per heavy atom. The third kappa shape index (κ3) is 2.25. The van der Waals surface area contributed by atoms with E-state index in [9.17, 15) is 4.79 Å². The fraction of sp³-hybridized carbons (Fsp3) is 0.0526. The van der Waals surface area contributed by atoms with E-state index in [1.54, 1.807) is 18.2 Å². The molecule has 4 rings (SSSR count). The second kappa shape index (κ2) is 5.25. The molecule has 112 valence electrons. The van der Waals surface area contributed by atoms with Crippen LogP contribution in [0.3, 0.4) is 0 Å². The van der Waals surface area contributed by atoms with Crippen LogP contribution in [0.5, 0.6) is 0 Å². The molecule has 3 aromatic carbocycles. The van der Waals surface area contributed by atoms with E-state index in [1.165, 1.54) is 7.11 Å². The number of hydrogen-bond acceptors (Lipinski definition) is 4. The largest absolute Gasteiger partial charge is 0.465 e. The average molecular weight is 303 g/mol. The van der Waals surface area contributed by atoms with Gasteiger partial charge in [0.1, 0.15) is 5.52 Å². The Morgan fingerprint density at radius 1 is 1.04 bits per heavy atom. The number of carbonyl (C=O) groups excluding carboxylic acids is 1. The number of hydrogen-bond donors (Lipinski definition) is 0. The lowest BCUT2D eigenvalue weighted by Crippen LogP contribution is -2.00. The van der Waals surface area contributed by atoms with Gasteiger partial charge in [-0.05, 0) is 35.0 Å². The number of benzene rings is 3. The first kappa shape index (κ1) is 13.5. The highest BCUT2D eigenvalue weighted by atomic mass is 16.5. The Morgan fingerprint density at radius 3 is 2.74 bits per heavy atom. The summed E-state index contributed by atoms with van der Waals surface area (Å²) in [5.74, 6) is 0.153. The minimum absolute atomic E-state index is 0.387. The van der Waals surface area contributed by atoms with Gasteiger partial charge in [-0.2, -0.15) is 0 Å². The smallest absolute Gasteiger partial charge is 0.337 e. The van der Waals surface area contributed by atoms with Gasteiger partial charge in [-0.15, -0.1) is 0 Å². The van der Waals surface area contributed by atoms with Gasteiger partial charge in [0, 0.05) is 5.56 Å². The summed E-state index contributed by atoms with van der Waals surface area (Å²) in [6.45, 7) is 0. The summed E-state index contributed by atoms with van der Waals surface area (Å²) < 4.78 is 10.6. The van der Waals surface area contributed by atoms with Crippen molar-refractivity contribution < 1.29 is 13.9 Å². The molecule has 4 aromatic rings. The standard InChI is InChI=1S/C19H13NO3/c1-22-19(21)13-9-10-17-16(11-13)20-18(23-17)15-8-4-6-12-5-2-3-7-14(12)15/h2-11H,1H3. The van der Waals surface area contributed by atoms with E-state index in [0.717, 1.165) is 16.3 Å². The van der Waals surface area contributed by atoms with E-state index in [2.05, 4.69) is 17.1 Å². The van der Waals surface area contributed by atoms with Crippen LogP contribution >= 0.6 is 0 Å². The van der Waals surface area contributed by atoms with Gasteiger partial charge in [-0.1, -0.05) is 36.4 Å². The number of esters is 1. The molecule has 0 unspecified atom stereocenters. The minimum Gasteiger partial charge on any atom is -0.465 e. The Balaban J connectivity index is 1.90. The first-order valence-electron chi connectivity index (χ1n) is 7.23. The van der Waals surface area contributed by atoms with Crippen LogP contribution in [0.1, 0.15) is 10.4 Å². The zero-order valence-corrected chi connectivity index (χ0v) is 12.4. The van der Waals surface area contributed by atoms with E-state index < -0.39 is 0 Å². The molecule has 0 radical (unpaired) electrons. The molecule has 1 heterocycles. The average Bonchev–Trinajstić information content (AvgIpc) is 3.03. The summed E-state index contributed by atoms with van der Waals surface area (Å²) in [5, 5.41) is 2.21. The fourth-order valence-corrected chi connectivity index (χ4v) is 2.70. The number of rotatable bonds is 2. The third-order valence-corrected chi connectivity index (χ3v) is 3.83. The number of aromatic nitrogens is 1. The van der Waals surface area contributed by atoms with Gasteiger partial charge in [-0.25, -0.2) is 9.78 Å². The van der Waals surface area contributed by atoms with Crippen LogP contribution in [0.2, 0.25) is 0 Å². The lowest BCUT2D eigenvalue weighted by Gasteiger charge is -2.01. The molecule has 0 saturated heterocycles. The van der Waals surface area contributed by atoms with E-state index in [0.29, 0.717) is 22.6 Å². The number of carbonyl (C=O) groups is 1. The highest BCUT2D eigenvalue weighted by molar-refractivity contribution is 5.97. The summed E-state index contributed by atoms with van der Waals surface area (Å²) >= 11 is 0. The van der Waals surface area contributed by atoms with Crippen LogP contribution < -0.4 is 0 Å². The second-order valence-corrected chi connectivity index (χ2v) is 5.22. The maximum atomic E-state index is 11.6. The van der Waals surface area contributed by atoms with Crippen molar-refractivity contribution in [2.24, 2.45) is 0 Å². The first-order valence-corrected chi connectivity index (χ1v) is 7.23. The van der Waals surface area contributed by atoms with Gasteiger partial charge in [0.05, 0.1) is 12.7 Å². The van der Waals surface area contributed by atoms with Crippen LogP contribution in [0.15, 0.2) is 65.1 Å². The monoisotopic (exact) mass is 303 g/mol. The van der Waals surface area contributed by atoms with Crippen molar-refractivity contribution in [2.45, 2.75) is 0 Å². The van der Waals surface area contributed by atoms with Gasteiger partial charge in [0.25, 0.3) is 0 Å². The summed E-state index contributed by atoms with van der Waals surface area (Å²) in [5.41, 5.74) is 2.66. The van der Waals surface area contributed by atoms with Gasteiger partial charge < -0.3 is 9.15 Å². The molecular formula is C19H13NO3. The maximum Gasteiger partial charge on any atom is 0.337 e. The van der Waals surface area contributed by atoms with Crippen molar-refractivity contribution >= 4 is 27.8 Å². The molecule has 0 saturated carbocycles. The number of nitrogens with zero attached hydrogens (tertiary/aromatic N) is 1. The van der Waals surface area contributed by atoms with Gasteiger partial charge >= 0.3 is 5.97 Å². The molecule has 1 aromatic heterocycles. The van der Waals surface area contributed by atoms with E-state index in [1.807, 2.05) is 30.3 Å². The number of ether oxygens (including phenoxy) is 1. The Hall–Kier alpha value is -3.14. The molecule has 4 nitrogen and oxygen atoms in total. The van der Waals surface area contributed by atoms with Crippen molar-refractivity contribution in [2.75, 3.05) is 7.11 Å². The second-order valence-electron chi connectivity index (χ2n) is 5.22. The molecule has 0 aliphatic rings. The highest BCUT2D eigenvalue weighted by Gasteiger charge is 2.13. The Bertz CT molecular complexity index is 1030. The number of methoxy groups -OCH3 is 1. The van der Waals surface area contributed by atoms with Crippen LogP contribution in [0.4, 0.5) is 0 Å². The molecule has 0 aliphatic heterocycles. The van der Waals surface area contributed by atoms with E-state index in [4.69, 9.17) is 9.15 Å². The van der Waals surface area contributed by atoms with Crippen molar-refractivity contribution in [1.29, 1.82) is 0 Å². The minimum atomic E-state index is -0.387. The maximum absolute atomic E-state index is 11.6.